The molecule has 0 saturated heterocycles. The van der Waals surface area contributed by atoms with Crippen LogP contribution >= 0.6 is 0 Å². The van der Waals surface area contributed by atoms with Crippen LogP contribution in [0.3, 0.4) is 0 Å². The highest BCUT2D eigenvalue weighted by Crippen LogP contribution is 2.32. The Morgan fingerprint density at radius 1 is 1.24 bits per heavy atom. The maximum atomic E-state index is 12.6. The van der Waals surface area contributed by atoms with E-state index in [1.807, 2.05) is 26.0 Å². The average molecular weight is 304 g/mol. The molecule has 1 aliphatic carbocycles. The predicted molar refractivity (Wildman–Crippen MR) is 83.8 cm³/mol. The molecule has 5 heteroatoms. The van der Waals surface area contributed by atoms with E-state index in [1.54, 1.807) is 6.20 Å². The first-order valence-corrected chi connectivity index (χ1v) is 8.86. The number of nitrogens with zero attached hydrogens (tertiary/aromatic N) is 1. The van der Waals surface area contributed by atoms with Gasteiger partial charge in [0.25, 0.3) is 10.0 Å². The van der Waals surface area contributed by atoms with Gasteiger partial charge in [0.2, 0.25) is 0 Å². The summed E-state index contributed by atoms with van der Waals surface area (Å²) in [5, 5.41) is 1.94. The molecule has 0 fully saturated rings. The number of fused-ring (bicyclic) bond motifs is 3. The Morgan fingerprint density at radius 2 is 2.05 bits per heavy atom. The van der Waals surface area contributed by atoms with E-state index in [1.165, 1.54) is 5.56 Å². The fraction of sp³-hybridized carbons (Fsp3) is 0.438. The molecular formula is C16H20N2O2S. The van der Waals surface area contributed by atoms with Gasteiger partial charge in [-0.1, -0.05) is 26.0 Å². The largest absolute Gasteiger partial charge is 0.258 e. The minimum absolute atomic E-state index is 0.180. The number of nitrogens with one attached hydrogen (secondary N) is 1. The summed E-state index contributed by atoms with van der Waals surface area (Å²) >= 11 is 0. The summed E-state index contributed by atoms with van der Waals surface area (Å²) in [7, 11) is -3.56. The molecule has 0 bridgehead atoms. The van der Waals surface area contributed by atoms with Gasteiger partial charge < -0.3 is 0 Å². The van der Waals surface area contributed by atoms with E-state index in [9.17, 15) is 8.42 Å². The first kappa shape index (κ1) is 14.5. The number of aryl methyl sites for hydroxylation is 2. The van der Waals surface area contributed by atoms with Crippen LogP contribution in [0.2, 0.25) is 0 Å². The molecule has 4 nitrogen and oxygen atoms in total. The zero-order valence-electron chi connectivity index (χ0n) is 12.4. The van der Waals surface area contributed by atoms with Crippen molar-refractivity contribution in [3.8, 4) is 0 Å². The van der Waals surface area contributed by atoms with Gasteiger partial charge in [-0.25, -0.2) is 18.1 Å². The van der Waals surface area contributed by atoms with Gasteiger partial charge >= 0.3 is 0 Å². The minimum atomic E-state index is -3.56. The van der Waals surface area contributed by atoms with E-state index in [-0.39, 0.29) is 10.9 Å². The van der Waals surface area contributed by atoms with Gasteiger partial charge in [0.05, 0.1) is 0 Å². The van der Waals surface area contributed by atoms with E-state index < -0.39 is 10.0 Å². The second kappa shape index (κ2) is 5.39. The fourth-order valence-corrected chi connectivity index (χ4v) is 4.27. The van der Waals surface area contributed by atoms with Crippen molar-refractivity contribution in [2.24, 2.45) is 5.92 Å². The maximum Gasteiger partial charge on any atom is 0.258 e. The molecule has 0 atom stereocenters. The molecule has 1 aromatic carbocycles. The molecule has 21 heavy (non-hydrogen) atoms. The first-order chi connectivity index (χ1) is 9.99. The topological polar surface area (TPSA) is 59.1 Å². The van der Waals surface area contributed by atoms with Crippen molar-refractivity contribution in [2.75, 3.05) is 6.54 Å². The summed E-state index contributed by atoms with van der Waals surface area (Å²) in [6.07, 6.45) is 4.63. The number of sulfonamides is 1. The van der Waals surface area contributed by atoms with Gasteiger partial charge in [0.15, 0.2) is 5.03 Å². The second-order valence-electron chi connectivity index (χ2n) is 6.02. The lowest BCUT2D eigenvalue weighted by Crippen LogP contribution is -2.28. The molecule has 2 aromatic rings. The molecule has 1 aromatic heterocycles. The number of benzene rings is 1. The lowest BCUT2D eigenvalue weighted by atomic mass is 10.0. The normalized spacial score (nSPS) is 14.8. The van der Waals surface area contributed by atoms with Gasteiger partial charge in [0, 0.05) is 18.1 Å². The maximum absolute atomic E-state index is 12.6. The Bertz CT molecular complexity index is 782. The van der Waals surface area contributed by atoms with Crippen LogP contribution in [0, 0.1) is 5.92 Å². The highest BCUT2D eigenvalue weighted by atomic mass is 32.2. The van der Waals surface area contributed by atoms with Gasteiger partial charge in [-0.3, -0.25) is 0 Å². The highest BCUT2D eigenvalue weighted by Gasteiger charge is 2.24. The SMILES string of the molecule is CC(C)CNS(=O)(=O)c1nccc2ccc3c(c12)CCC3. The van der Waals surface area contributed by atoms with E-state index >= 15 is 0 Å². The van der Waals surface area contributed by atoms with Gasteiger partial charge in [-0.2, -0.15) is 0 Å². The lowest BCUT2D eigenvalue weighted by Gasteiger charge is -2.12. The van der Waals surface area contributed by atoms with Crippen LogP contribution in [0.4, 0.5) is 0 Å². The Morgan fingerprint density at radius 3 is 2.81 bits per heavy atom. The van der Waals surface area contributed by atoms with Crippen molar-refractivity contribution in [1.29, 1.82) is 0 Å². The van der Waals surface area contributed by atoms with Crippen molar-refractivity contribution in [2.45, 2.75) is 38.1 Å². The number of hydrogen-bond acceptors (Lipinski definition) is 3. The molecule has 1 heterocycles. The highest BCUT2D eigenvalue weighted by molar-refractivity contribution is 7.89. The third kappa shape index (κ3) is 2.68. The van der Waals surface area contributed by atoms with Crippen LogP contribution in [0.1, 0.15) is 31.4 Å². The molecule has 112 valence electrons. The third-order valence-corrected chi connectivity index (χ3v) is 5.28. The standard InChI is InChI=1S/C16H20N2O2S/c1-11(2)10-18-21(19,20)16-15-13(8-9-17-16)7-6-12-4-3-5-14(12)15/h6-9,11,18H,3-5,10H2,1-2H3. The summed E-state index contributed by atoms with van der Waals surface area (Å²) < 4.78 is 27.8. The van der Waals surface area contributed by atoms with Crippen LogP contribution in [0.5, 0.6) is 0 Å². The third-order valence-electron chi connectivity index (χ3n) is 3.91. The van der Waals surface area contributed by atoms with Crippen LogP contribution < -0.4 is 4.72 Å². The molecular weight excluding hydrogens is 284 g/mol. The van der Waals surface area contributed by atoms with Crippen LogP contribution in [0.15, 0.2) is 29.4 Å². The van der Waals surface area contributed by atoms with Crippen molar-refractivity contribution >= 4 is 20.8 Å². The molecule has 1 aliphatic rings. The van der Waals surface area contributed by atoms with Crippen LogP contribution in [-0.2, 0) is 22.9 Å². The van der Waals surface area contributed by atoms with Crippen molar-refractivity contribution in [3.63, 3.8) is 0 Å². The smallest absolute Gasteiger partial charge is 0.243 e. The van der Waals surface area contributed by atoms with E-state index in [2.05, 4.69) is 15.8 Å². The van der Waals surface area contributed by atoms with Crippen LogP contribution in [-0.4, -0.2) is 19.9 Å². The second-order valence-corrected chi connectivity index (χ2v) is 7.70. The molecule has 1 N–H and O–H groups in total. The molecule has 0 radical (unpaired) electrons. The summed E-state index contributed by atoms with van der Waals surface area (Å²) in [5.41, 5.74) is 2.42. The first-order valence-electron chi connectivity index (χ1n) is 7.38. The Balaban J connectivity index is 2.17. The fourth-order valence-electron chi connectivity index (χ4n) is 2.87. The zero-order chi connectivity index (χ0) is 15.0. The molecule has 0 saturated carbocycles. The monoisotopic (exact) mass is 304 g/mol. The van der Waals surface area contributed by atoms with Crippen molar-refractivity contribution in [1.82, 2.24) is 9.71 Å². The van der Waals surface area contributed by atoms with Crippen LogP contribution in [0.25, 0.3) is 10.8 Å². The van der Waals surface area contributed by atoms with Gasteiger partial charge in [-0.15, -0.1) is 0 Å². The summed E-state index contributed by atoms with van der Waals surface area (Å²) in [6, 6.07) is 6.00. The molecule has 0 amide bonds. The zero-order valence-corrected chi connectivity index (χ0v) is 13.2. The quantitative estimate of drug-likeness (QED) is 0.944. The Hall–Kier alpha value is -1.46. The minimum Gasteiger partial charge on any atom is -0.243 e. The van der Waals surface area contributed by atoms with E-state index in [0.29, 0.717) is 6.54 Å². The predicted octanol–water partition coefficient (Wildman–Crippen LogP) is 2.66. The summed E-state index contributed by atoms with van der Waals surface area (Å²) in [5.74, 6) is 0.264. The van der Waals surface area contributed by atoms with Crippen molar-refractivity contribution < 1.29 is 8.42 Å². The van der Waals surface area contributed by atoms with Gasteiger partial charge in [0.1, 0.15) is 0 Å². The molecule has 0 aliphatic heterocycles. The lowest BCUT2D eigenvalue weighted by molar-refractivity contribution is 0.558. The van der Waals surface area contributed by atoms with E-state index in [4.69, 9.17) is 0 Å². The number of rotatable bonds is 4. The molecule has 0 unspecified atom stereocenters. The molecule has 3 rings (SSSR count). The summed E-state index contributed by atoms with van der Waals surface area (Å²) in [6.45, 7) is 4.39. The summed E-state index contributed by atoms with van der Waals surface area (Å²) in [4.78, 5) is 4.18. The van der Waals surface area contributed by atoms with Gasteiger partial charge in [-0.05, 0) is 47.8 Å². The number of aromatic nitrogens is 1. The number of pyridine rings is 1. The van der Waals surface area contributed by atoms with E-state index in [0.717, 1.165) is 35.6 Å². The Labute approximate surface area is 125 Å². The number of hydrogen-bond donors (Lipinski definition) is 1. The van der Waals surface area contributed by atoms with Crippen molar-refractivity contribution in [3.05, 3.63) is 35.5 Å². The molecule has 0 spiro atoms. The average Bonchev–Trinajstić information content (AvgIpc) is 2.93. The Kier molecular flexibility index (Phi) is 3.71.